The number of imidazole rings is 1. The van der Waals surface area contributed by atoms with Crippen molar-refractivity contribution in [1.29, 1.82) is 0 Å². The van der Waals surface area contributed by atoms with Gasteiger partial charge in [0.15, 0.2) is 0 Å². The van der Waals surface area contributed by atoms with Crippen LogP contribution in [0.4, 0.5) is 4.79 Å². The third-order valence-electron chi connectivity index (χ3n) is 9.83. The maximum Gasteiger partial charge on any atom is 0.410 e. The van der Waals surface area contributed by atoms with Crippen molar-refractivity contribution in [2.24, 2.45) is 23.9 Å². The molecule has 2 amide bonds. The molecule has 6 rings (SSSR count). The van der Waals surface area contributed by atoms with Crippen LogP contribution in [0.25, 0.3) is 11.0 Å². The Morgan fingerprint density at radius 3 is 2.41 bits per heavy atom. The van der Waals surface area contributed by atoms with Gasteiger partial charge in [-0.05, 0) is 64.8 Å². The van der Waals surface area contributed by atoms with Crippen molar-refractivity contribution in [3.63, 3.8) is 0 Å². The van der Waals surface area contributed by atoms with E-state index < -0.39 is 5.60 Å². The molecule has 2 fully saturated rings. The van der Waals surface area contributed by atoms with Gasteiger partial charge in [-0.15, -0.1) is 0 Å². The van der Waals surface area contributed by atoms with Gasteiger partial charge in [0, 0.05) is 69.9 Å². The molecule has 0 aliphatic carbocycles. The van der Waals surface area contributed by atoms with Crippen molar-refractivity contribution in [3.8, 4) is 11.6 Å². The number of aryl methyl sites for hydroxylation is 1. The van der Waals surface area contributed by atoms with Gasteiger partial charge in [0.25, 0.3) is 0 Å². The number of hydrogen-bond donors (Lipinski definition) is 0. The molecule has 1 aromatic carbocycles. The molecule has 5 heterocycles. The van der Waals surface area contributed by atoms with Gasteiger partial charge in [-0.25, -0.2) is 14.8 Å². The van der Waals surface area contributed by atoms with Crippen molar-refractivity contribution in [2.75, 3.05) is 39.8 Å². The van der Waals surface area contributed by atoms with Gasteiger partial charge in [0.05, 0.1) is 36.4 Å². The van der Waals surface area contributed by atoms with Gasteiger partial charge in [0.2, 0.25) is 11.8 Å². The van der Waals surface area contributed by atoms with Crippen molar-refractivity contribution >= 4 is 28.7 Å². The minimum absolute atomic E-state index is 0.00949. The van der Waals surface area contributed by atoms with Gasteiger partial charge in [-0.3, -0.25) is 9.79 Å². The first kappa shape index (κ1) is 34.3. The summed E-state index contributed by atoms with van der Waals surface area (Å²) in [7, 11) is 3.58. The van der Waals surface area contributed by atoms with Gasteiger partial charge in [-0.2, -0.15) is 0 Å². The predicted molar refractivity (Wildman–Crippen MR) is 188 cm³/mol. The van der Waals surface area contributed by atoms with E-state index in [1.165, 1.54) is 0 Å². The molecule has 0 N–H and O–H groups in total. The number of allylic oxidation sites excluding steroid dienone is 1. The van der Waals surface area contributed by atoms with Crippen LogP contribution >= 0.6 is 0 Å². The average Bonchev–Trinajstić information content (AvgIpc) is 3.66. The van der Waals surface area contributed by atoms with Crippen LogP contribution < -0.4 is 9.47 Å². The van der Waals surface area contributed by atoms with E-state index in [-0.39, 0.29) is 36.0 Å². The zero-order valence-electron chi connectivity index (χ0n) is 30.0. The lowest BCUT2D eigenvalue weighted by atomic mass is 9.95. The maximum atomic E-state index is 13.2. The molecule has 49 heavy (non-hydrogen) atoms. The van der Waals surface area contributed by atoms with Crippen LogP contribution in [0.1, 0.15) is 71.7 Å². The van der Waals surface area contributed by atoms with Gasteiger partial charge in [-0.1, -0.05) is 19.1 Å². The summed E-state index contributed by atoms with van der Waals surface area (Å²) in [4.78, 5) is 46.3. The maximum absolute atomic E-state index is 13.2. The van der Waals surface area contributed by atoms with Gasteiger partial charge < -0.3 is 33.5 Å². The van der Waals surface area contributed by atoms with Crippen LogP contribution in [0.15, 0.2) is 53.5 Å². The highest BCUT2D eigenvalue weighted by Gasteiger charge is 2.37. The highest BCUT2D eigenvalue weighted by molar-refractivity contribution is 6.02. The smallest absolute Gasteiger partial charge is 0.410 e. The molecular formula is C37H49N7O5. The van der Waals surface area contributed by atoms with Crippen molar-refractivity contribution in [1.82, 2.24) is 29.2 Å². The Bertz CT molecular complexity index is 1750. The summed E-state index contributed by atoms with van der Waals surface area (Å²) in [6.07, 6.45) is 4.33. The van der Waals surface area contributed by atoms with Crippen LogP contribution in [0.2, 0.25) is 0 Å². The van der Waals surface area contributed by atoms with Crippen LogP contribution in [0, 0.1) is 11.8 Å². The molecule has 12 heteroatoms. The molecule has 12 nitrogen and oxygen atoms in total. The second-order valence-corrected chi connectivity index (χ2v) is 14.5. The average molecular weight is 672 g/mol. The zero-order chi connectivity index (χ0) is 35.0. The second-order valence-electron chi connectivity index (χ2n) is 14.5. The fourth-order valence-electron chi connectivity index (χ4n) is 6.91. The Balaban J connectivity index is 1.16. The molecule has 1 unspecified atom stereocenters. The Kier molecular flexibility index (Phi) is 9.59. The van der Waals surface area contributed by atoms with Crippen LogP contribution in [0.3, 0.4) is 0 Å². The van der Waals surface area contributed by atoms with Crippen LogP contribution in [-0.2, 0) is 16.6 Å². The third-order valence-corrected chi connectivity index (χ3v) is 9.83. The van der Waals surface area contributed by atoms with E-state index in [0.717, 1.165) is 52.5 Å². The fraction of sp³-hybridized carbons (Fsp3) is 0.541. The lowest BCUT2D eigenvalue weighted by Crippen LogP contribution is -2.50. The number of benzene rings is 1. The van der Waals surface area contributed by atoms with E-state index in [2.05, 4.69) is 23.7 Å². The standard InChI is InChI=1S/C37H49N7O5/c1-23-17-29(38-20-32(23)42-13-15-43(16-14-42)36(46)49-37(4,5)6)30-19-31-34(41(7)22-39-31)35(40-30)48-25(3)27-18-33(45)44(21-27)24(2)26-9-11-28(47-8)12-10-26/h9-12,19-20,22-25,27H,13-18,21H2,1-8H3/t23?,24-,25-,27-/m1/s1. The number of fused-ring (bicyclic) bond motifs is 1. The van der Waals surface area contributed by atoms with Crippen molar-refractivity contribution in [3.05, 3.63) is 59.8 Å². The number of pyridine rings is 1. The van der Waals surface area contributed by atoms with Crippen molar-refractivity contribution in [2.45, 2.75) is 72.1 Å². The zero-order valence-corrected chi connectivity index (χ0v) is 30.0. The topological polar surface area (TPSA) is 115 Å². The Hall–Kier alpha value is -4.61. The first-order valence-corrected chi connectivity index (χ1v) is 17.2. The molecule has 3 aromatic rings. The number of nitrogens with zero attached hydrogens (tertiary/aromatic N) is 7. The number of methoxy groups -OCH3 is 1. The number of carbonyl (C=O) groups excluding carboxylic acids is 2. The molecule has 262 valence electrons. The number of rotatable bonds is 8. The first-order valence-electron chi connectivity index (χ1n) is 17.2. The van der Waals surface area contributed by atoms with E-state index in [1.807, 2.05) is 80.7 Å². The Morgan fingerprint density at radius 1 is 1.04 bits per heavy atom. The first-order chi connectivity index (χ1) is 23.3. The van der Waals surface area contributed by atoms with E-state index in [0.29, 0.717) is 38.4 Å². The van der Waals surface area contributed by atoms with E-state index in [9.17, 15) is 9.59 Å². The molecule has 3 aliphatic heterocycles. The summed E-state index contributed by atoms with van der Waals surface area (Å²) in [5.41, 5.74) is 4.94. The second kappa shape index (κ2) is 13.7. The highest BCUT2D eigenvalue weighted by Crippen LogP contribution is 2.34. The van der Waals surface area contributed by atoms with E-state index in [4.69, 9.17) is 24.2 Å². The quantitative estimate of drug-likeness (QED) is 0.305. The lowest BCUT2D eigenvalue weighted by molar-refractivity contribution is -0.129. The van der Waals surface area contributed by atoms with E-state index >= 15 is 0 Å². The molecule has 0 bridgehead atoms. The molecule has 0 radical (unpaired) electrons. The summed E-state index contributed by atoms with van der Waals surface area (Å²) in [6.45, 7) is 15.2. The number of likely N-dealkylation sites (tertiary alicyclic amines) is 1. The molecule has 0 spiro atoms. The van der Waals surface area contributed by atoms with Crippen LogP contribution in [0.5, 0.6) is 11.6 Å². The summed E-state index contributed by atoms with van der Waals surface area (Å²) >= 11 is 0. The minimum Gasteiger partial charge on any atom is -0.497 e. The van der Waals surface area contributed by atoms with Gasteiger partial charge in [0.1, 0.15) is 23.0 Å². The van der Waals surface area contributed by atoms with Gasteiger partial charge >= 0.3 is 6.09 Å². The third kappa shape index (κ3) is 7.38. The predicted octanol–water partition coefficient (Wildman–Crippen LogP) is 5.58. The normalized spacial score (nSPS) is 21.4. The number of aliphatic imine (C=N–C) groups is 1. The number of aromatic nitrogens is 3. The number of piperazine rings is 1. The SMILES string of the molecule is COc1ccc([C@@H](C)N2C[C@H]([C@@H](C)Oc3nc(C4=NC=C(N5CCN(C(=O)OC(C)(C)C)CC5)C(C)C4)cc4ncn(C)c34)CC2=O)cc1. The largest absolute Gasteiger partial charge is 0.497 e. The molecule has 2 aromatic heterocycles. The molecule has 4 atom stereocenters. The molecule has 3 aliphatic rings. The highest BCUT2D eigenvalue weighted by atomic mass is 16.6. The Morgan fingerprint density at radius 2 is 1.76 bits per heavy atom. The van der Waals surface area contributed by atoms with Crippen LogP contribution in [-0.4, -0.2) is 98.5 Å². The van der Waals surface area contributed by atoms with E-state index in [1.54, 1.807) is 18.3 Å². The monoisotopic (exact) mass is 671 g/mol. The lowest BCUT2D eigenvalue weighted by Gasteiger charge is -2.39. The summed E-state index contributed by atoms with van der Waals surface area (Å²) in [5, 5.41) is 0. The number of amides is 2. The molecule has 0 saturated carbocycles. The summed E-state index contributed by atoms with van der Waals surface area (Å²) in [6, 6.07) is 9.80. The Labute approximate surface area is 288 Å². The molecular weight excluding hydrogens is 622 g/mol. The minimum atomic E-state index is -0.511. The summed E-state index contributed by atoms with van der Waals surface area (Å²) < 4.78 is 19.4. The fourth-order valence-corrected chi connectivity index (χ4v) is 6.91. The number of ether oxygens (including phenoxy) is 3. The number of carbonyl (C=O) groups is 2. The molecule has 2 saturated heterocycles. The number of hydrogen-bond acceptors (Lipinski definition) is 9. The summed E-state index contributed by atoms with van der Waals surface area (Å²) in [5.74, 6) is 1.64. The van der Waals surface area contributed by atoms with Crippen molar-refractivity contribution < 1.29 is 23.8 Å².